The van der Waals surface area contributed by atoms with E-state index in [0.717, 1.165) is 24.3 Å². The molecule has 0 unspecified atom stereocenters. The molecule has 1 amide bonds. The summed E-state index contributed by atoms with van der Waals surface area (Å²) < 4.78 is 43.5. The maximum absolute atomic E-state index is 13.2. The van der Waals surface area contributed by atoms with Crippen molar-refractivity contribution in [1.82, 2.24) is 9.62 Å². The SMILES string of the molecule is COCCNS(=O)(=O)c1cc(C(=O)N(C)Cc2ccccc2N2CCOCC2)ccc1OC. The van der Waals surface area contributed by atoms with E-state index in [1.165, 1.54) is 26.4 Å². The standard InChI is InChI=1S/C23H31N3O6S/c1-25(17-19-6-4-5-7-20(19)26-11-14-32-15-12-26)23(27)18-8-9-21(31-3)22(16-18)33(28,29)24-10-13-30-2/h4-9,16,24H,10-15,17H2,1-3H3. The van der Waals surface area contributed by atoms with Crippen molar-refractivity contribution in [2.45, 2.75) is 11.4 Å². The smallest absolute Gasteiger partial charge is 0.253 e. The van der Waals surface area contributed by atoms with Crippen LogP contribution in [0.3, 0.4) is 0 Å². The lowest BCUT2D eigenvalue weighted by Gasteiger charge is -2.31. The van der Waals surface area contributed by atoms with Crippen LogP contribution in [0, 0.1) is 0 Å². The molecular formula is C23H31N3O6S. The summed E-state index contributed by atoms with van der Waals surface area (Å²) in [6.07, 6.45) is 0. The Morgan fingerprint density at radius 2 is 1.88 bits per heavy atom. The first-order valence-electron chi connectivity index (χ1n) is 10.7. The van der Waals surface area contributed by atoms with Gasteiger partial charge in [0, 0.05) is 51.6 Å². The molecule has 1 fully saturated rings. The van der Waals surface area contributed by atoms with Crippen LogP contribution in [0.2, 0.25) is 0 Å². The van der Waals surface area contributed by atoms with E-state index in [1.54, 1.807) is 18.0 Å². The van der Waals surface area contributed by atoms with Gasteiger partial charge in [0.1, 0.15) is 10.6 Å². The highest BCUT2D eigenvalue weighted by atomic mass is 32.2. The molecule has 10 heteroatoms. The summed E-state index contributed by atoms with van der Waals surface area (Å²) in [5.41, 5.74) is 2.34. The minimum Gasteiger partial charge on any atom is -0.495 e. The zero-order valence-corrected chi connectivity index (χ0v) is 20.1. The molecule has 0 aliphatic carbocycles. The molecule has 1 N–H and O–H groups in total. The van der Waals surface area contributed by atoms with Crippen molar-refractivity contribution in [2.24, 2.45) is 0 Å². The summed E-state index contributed by atoms with van der Waals surface area (Å²) in [4.78, 5) is 16.9. The van der Waals surface area contributed by atoms with E-state index in [2.05, 4.69) is 9.62 Å². The number of nitrogens with one attached hydrogen (secondary N) is 1. The van der Waals surface area contributed by atoms with Gasteiger partial charge in [0.25, 0.3) is 5.91 Å². The number of amides is 1. The van der Waals surface area contributed by atoms with Gasteiger partial charge in [-0.1, -0.05) is 18.2 Å². The number of carbonyl (C=O) groups excluding carboxylic acids is 1. The van der Waals surface area contributed by atoms with Gasteiger partial charge < -0.3 is 24.0 Å². The largest absolute Gasteiger partial charge is 0.495 e. The highest BCUT2D eigenvalue weighted by Crippen LogP contribution is 2.27. The molecule has 9 nitrogen and oxygen atoms in total. The predicted octanol–water partition coefficient (Wildman–Crippen LogP) is 1.73. The van der Waals surface area contributed by atoms with Crippen molar-refractivity contribution in [1.29, 1.82) is 0 Å². The number of ether oxygens (including phenoxy) is 3. The summed E-state index contributed by atoms with van der Waals surface area (Å²) in [5, 5.41) is 0. The summed E-state index contributed by atoms with van der Waals surface area (Å²) >= 11 is 0. The fourth-order valence-corrected chi connectivity index (χ4v) is 4.89. The van der Waals surface area contributed by atoms with E-state index >= 15 is 0 Å². The van der Waals surface area contributed by atoms with Crippen molar-refractivity contribution >= 4 is 21.6 Å². The highest BCUT2D eigenvalue weighted by Gasteiger charge is 2.23. The topological polar surface area (TPSA) is 97.4 Å². The van der Waals surface area contributed by atoms with Crippen LogP contribution < -0.4 is 14.4 Å². The van der Waals surface area contributed by atoms with Crippen LogP contribution in [0.1, 0.15) is 15.9 Å². The van der Waals surface area contributed by atoms with Gasteiger partial charge in [-0.3, -0.25) is 4.79 Å². The third-order valence-corrected chi connectivity index (χ3v) is 6.88. The van der Waals surface area contributed by atoms with Gasteiger partial charge in [-0.15, -0.1) is 0 Å². The number of sulfonamides is 1. The zero-order chi connectivity index (χ0) is 23.8. The lowest BCUT2D eigenvalue weighted by molar-refractivity contribution is 0.0784. The molecule has 0 aromatic heterocycles. The molecule has 3 rings (SSSR count). The van der Waals surface area contributed by atoms with Crippen LogP contribution in [0.25, 0.3) is 0 Å². The second-order valence-corrected chi connectivity index (χ2v) is 9.38. The zero-order valence-electron chi connectivity index (χ0n) is 19.2. The van der Waals surface area contributed by atoms with Crippen molar-refractivity contribution < 1.29 is 27.4 Å². The molecular weight excluding hydrogens is 446 g/mol. The fourth-order valence-electron chi connectivity index (χ4n) is 3.68. The average Bonchev–Trinajstić information content (AvgIpc) is 2.84. The normalized spacial score (nSPS) is 14.2. The summed E-state index contributed by atoms with van der Waals surface area (Å²) in [5.74, 6) is -0.125. The number of hydrogen-bond acceptors (Lipinski definition) is 7. The number of nitrogens with zero attached hydrogens (tertiary/aromatic N) is 2. The Morgan fingerprint density at radius 1 is 1.15 bits per heavy atom. The Labute approximate surface area is 195 Å². The van der Waals surface area contributed by atoms with Crippen molar-refractivity contribution in [3.63, 3.8) is 0 Å². The molecule has 1 aliphatic heterocycles. The maximum atomic E-state index is 13.2. The van der Waals surface area contributed by atoms with Crippen molar-refractivity contribution in [3.8, 4) is 5.75 Å². The van der Waals surface area contributed by atoms with Crippen molar-refractivity contribution in [2.75, 3.05) is 65.6 Å². The Balaban J connectivity index is 1.81. The number of hydrogen-bond donors (Lipinski definition) is 1. The minimum absolute atomic E-state index is 0.0888. The number of para-hydroxylation sites is 1. The molecule has 2 aromatic rings. The number of benzene rings is 2. The summed E-state index contributed by atoms with van der Waals surface area (Å²) in [6.45, 7) is 3.65. The Hall–Kier alpha value is -2.66. The van der Waals surface area contributed by atoms with E-state index in [0.29, 0.717) is 19.8 Å². The van der Waals surface area contributed by atoms with Gasteiger partial charge in [-0.05, 0) is 29.8 Å². The van der Waals surface area contributed by atoms with Crippen LogP contribution in [0.4, 0.5) is 5.69 Å². The fraction of sp³-hybridized carbons (Fsp3) is 0.435. The van der Waals surface area contributed by atoms with Crippen LogP contribution in [-0.4, -0.2) is 79.9 Å². The molecule has 0 atom stereocenters. The lowest BCUT2D eigenvalue weighted by atomic mass is 10.1. The summed E-state index contributed by atoms with van der Waals surface area (Å²) in [6, 6.07) is 12.4. The molecule has 0 bridgehead atoms. The highest BCUT2D eigenvalue weighted by molar-refractivity contribution is 7.89. The number of methoxy groups -OCH3 is 2. The van der Waals surface area contributed by atoms with E-state index < -0.39 is 10.0 Å². The van der Waals surface area contributed by atoms with Gasteiger partial charge in [-0.2, -0.15) is 0 Å². The first kappa shape index (κ1) is 25.0. The van der Waals surface area contributed by atoms with Gasteiger partial charge in [0.2, 0.25) is 10.0 Å². The quantitative estimate of drug-likeness (QED) is 0.521. The van der Waals surface area contributed by atoms with Crippen LogP contribution in [0.5, 0.6) is 5.75 Å². The molecule has 0 spiro atoms. The third kappa shape index (κ3) is 6.23. The van der Waals surface area contributed by atoms with Gasteiger partial charge in [0.15, 0.2) is 0 Å². The predicted molar refractivity (Wildman–Crippen MR) is 125 cm³/mol. The number of rotatable bonds is 10. The molecule has 1 heterocycles. The molecule has 180 valence electrons. The molecule has 0 radical (unpaired) electrons. The van der Waals surface area contributed by atoms with E-state index in [9.17, 15) is 13.2 Å². The maximum Gasteiger partial charge on any atom is 0.253 e. The minimum atomic E-state index is -3.88. The Morgan fingerprint density at radius 3 is 2.58 bits per heavy atom. The first-order chi connectivity index (χ1) is 15.9. The second-order valence-electron chi connectivity index (χ2n) is 7.65. The van der Waals surface area contributed by atoms with Crippen LogP contribution in [-0.2, 0) is 26.0 Å². The third-order valence-electron chi connectivity index (χ3n) is 5.40. The second kappa shape index (κ2) is 11.5. The molecule has 2 aromatic carbocycles. The molecule has 33 heavy (non-hydrogen) atoms. The van der Waals surface area contributed by atoms with E-state index in [1.807, 2.05) is 24.3 Å². The number of morpholine rings is 1. The molecule has 1 aliphatic rings. The number of anilines is 1. The van der Waals surface area contributed by atoms with Crippen LogP contribution in [0.15, 0.2) is 47.4 Å². The van der Waals surface area contributed by atoms with E-state index in [4.69, 9.17) is 14.2 Å². The summed E-state index contributed by atoms with van der Waals surface area (Å²) in [7, 11) is 0.697. The molecule has 1 saturated heterocycles. The van der Waals surface area contributed by atoms with Crippen LogP contribution >= 0.6 is 0 Å². The first-order valence-corrected chi connectivity index (χ1v) is 12.2. The van der Waals surface area contributed by atoms with E-state index in [-0.39, 0.29) is 35.3 Å². The Bertz CT molecular complexity index is 1050. The van der Waals surface area contributed by atoms with Gasteiger partial charge in [0.05, 0.1) is 26.9 Å². The number of carbonyl (C=O) groups is 1. The average molecular weight is 478 g/mol. The van der Waals surface area contributed by atoms with Gasteiger partial charge >= 0.3 is 0 Å². The monoisotopic (exact) mass is 477 g/mol. The van der Waals surface area contributed by atoms with Gasteiger partial charge in [-0.25, -0.2) is 13.1 Å². The van der Waals surface area contributed by atoms with Crippen molar-refractivity contribution in [3.05, 3.63) is 53.6 Å². The Kier molecular flexibility index (Phi) is 8.67. The molecule has 0 saturated carbocycles. The lowest BCUT2D eigenvalue weighted by Crippen LogP contribution is -2.37.